The molecule has 112 valence electrons. The van der Waals surface area contributed by atoms with E-state index in [4.69, 9.17) is 17.3 Å². The molecule has 0 atom stereocenters. The molecule has 2 rings (SSSR count). The van der Waals surface area contributed by atoms with E-state index in [1.807, 2.05) is 13.8 Å². The Hall–Kier alpha value is -1.07. The number of rotatable bonds is 4. The van der Waals surface area contributed by atoms with Crippen molar-refractivity contribution >= 4 is 23.1 Å². The molecular weight excluding hydrogens is 276 g/mol. The van der Waals surface area contributed by atoms with Crippen LogP contribution in [0.25, 0.3) is 0 Å². The Labute approximate surface area is 125 Å². The maximum atomic E-state index is 9.35. The summed E-state index contributed by atoms with van der Waals surface area (Å²) in [6.07, 6.45) is 5.90. The molecule has 0 spiro atoms. The number of aliphatic hydroxyl groups is 1. The Morgan fingerprint density at radius 2 is 1.95 bits per heavy atom. The lowest BCUT2D eigenvalue weighted by atomic mass is 9.88. The van der Waals surface area contributed by atoms with Crippen LogP contribution in [0.4, 0.5) is 11.5 Å². The number of nitrogens with zero attached hydrogens (tertiary/aromatic N) is 2. The van der Waals surface area contributed by atoms with Crippen LogP contribution in [0.1, 0.15) is 57.7 Å². The summed E-state index contributed by atoms with van der Waals surface area (Å²) in [4.78, 5) is 8.89. The second-order valence-electron chi connectivity index (χ2n) is 6.14. The van der Waals surface area contributed by atoms with Crippen molar-refractivity contribution < 1.29 is 5.11 Å². The third-order valence-electron chi connectivity index (χ3n) is 3.74. The van der Waals surface area contributed by atoms with Gasteiger partial charge in [-0.1, -0.05) is 30.9 Å². The molecule has 1 aliphatic carbocycles. The highest BCUT2D eigenvalue weighted by atomic mass is 35.5. The lowest BCUT2D eigenvalue weighted by Gasteiger charge is -2.26. The van der Waals surface area contributed by atoms with Gasteiger partial charge in [0.2, 0.25) is 0 Å². The first kappa shape index (κ1) is 15.3. The highest BCUT2D eigenvalue weighted by Gasteiger charge is 2.23. The van der Waals surface area contributed by atoms with Crippen LogP contribution in [0, 0.1) is 0 Å². The Kier molecular flexibility index (Phi) is 4.70. The molecule has 1 saturated carbocycles. The number of nitrogen functional groups attached to an aromatic ring is 1. The van der Waals surface area contributed by atoms with Crippen LogP contribution >= 0.6 is 11.6 Å². The van der Waals surface area contributed by atoms with Crippen molar-refractivity contribution in [1.82, 2.24) is 9.97 Å². The van der Waals surface area contributed by atoms with E-state index in [1.165, 1.54) is 19.3 Å². The van der Waals surface area contributed by atoms with Crippen LogP contribution < -0.4 is 11.1 Å². The van der Waals surface area contributed by atoms with E-state index in [-0.39, 0.29) is 11.8 Å². The molecule has 1 aromatic rings. The van der Waals surface area contributed by atoms with Crippen LogP contribution in [-0.2, 0) is 0 Å². The SMILES string of the molecule is CC(C)(CO)Nc1nc(C2CCCCC2)nc(Cl)c1N. The third kappa shape index (κ3) is 3.52. The summed E-state index contributed by atoms with van der Waals surface area (Å²) in [6.45, 7) is 3.73. The Morgan fingerprint density at radius 3 is 2.55 bits per heavy atom. The zero-order valence-corrected chi connectivity index (χ0v) is 12.9. The quantitative estimate of drug-likeness (QED) is 0.744. The summed E-state index contributed by atoms with van der Waals surface area (Å²) >= 11 is 6.13. The van der Waals surface area contributed by atoms with Crippen molar-refractivity contribution in [2.24, 2.45) is 0 Å². The van der Waals surface area contributed by atoms with E-state index in [1.54, 1.807) is 0 Å². The van der Waals surface area contributed by atoms with Gasteiger partial charge in [-0.15, -0.1) is 0 Å². The van der Waals surface area contributed by atoms with Gasteiger partial charge in [-0.3, -0.25) is 0 Å². The lowest BCUT2D eigenvalue weighted by Crippen LogP contribution is -2.36. The van der Waals surface area contributed by atoms with Gasteiger partial charge in [0.15, 0.2) is 11.0 Å². The molecule has 1 fully saturated rings. The molecule has 0 saturated heterocycles. The van der Waals surface area contributed by atoms with Gasteiger partial charge in [-0.25, -0.2) is 9.97 Å². The maximum Gasteiger partial charge on any atom is 0.157 e. The number of nitrogens with one attached hydrogen (secondary N) is 1. The summed E-state index contributed by atoms with van der Waals surface area (Å²) in [5.74, 6) is 1.64. The zero-order chi connectivity index (χ0) is 14.8. The van der Waals surface area contributed by atoms with Gasteiger partial charge in [0.05, 0.1) is 12.1 Å². The van der Waals surface area contributed by atoms with Gasteiger partial charge in [0.25, 0.3) is 0 Å². The van der Waals surface area contributed by atoms with E-state index >= 15 is 0 Å². The highest BCUT2D eigenvalue weighted by molar-refractivity contribution is 6.32. The maximum absolute atomic E-state index is 9.35. The van der Waals surface area contributed by atoms with E-state index in [0.717, 1.165) is 18.7 Å². The first-order valence-corrected chi connectivity index (χ1v) is 7.53. The first-order valence-electron chi connectivity index (χ1n) is 7.15. The topological polar surface area (TPSA) is 84.1 Å². The van der Waals surface area contributed by atoms with Gasteiger partial charge < -0.3 is 16.2 Å². The molecule has 5 nitrogen and oxygen atoms in total. The number of halogens is 1. The molecule has 0 amide bonds. The summed E-state index contributed by atoms with van der Waals surface area (Å²) in [6, 6.07) is 0. The number of aromatic nitrogens is 2. The monoisotopic (exact) mass is 298 g/mol. The molecule has 20 heavy (non-hydrogen) atoms. The molecule has 1 aromatic heterocycles. The van der Waals surface area contributed by atoms with Crippen molar-refractivity contribution in [3.63, 3.8) is 0 Å². The lowest BCUT2D eigenvalue weighted by molar-refractivity contribution is 0.234. The smallest absolute Gasteiger partial charge is 0.157 e. The van der Waals surface area contributed by atoms with Crippen molar-refractivity contribution in [2.45, 2.75) is 57.4 Å². The molecule has 0 radical (unpaired) electrons. The standard InChI is InChI=1S/C14H23ClN4O/c1-14(2,8-20)19-13-10(16)11(15)17-12(18-13)9-6-4-3-5-7-9/h9,20H,3-8,16H2,1-2H3,(H,17,18,19). The molecule has 4 N–H and O–H groups in total. The summed E-state index contributed by atoms with van der Waals surface area (Å²) in [5, 5.41) is 12.8. The first-order chi connectivity index (χ1) is 9.43. The van der Waals surface area contributed by atoms with E-state index in [2.05, 4.69) is 15.3 Å². The Balaban J connectivity index is 2.29. The fourth-order valence-corrected chi connectivity index (χ4v) is 2.63. The molecular formula is C14H23ClN4O. The van der Waals surface area contributed by atoms with Crippen LogP contribution in [0.15, 0.2) is 0 Å². The van der Waals surface area contributed by atoms with Crippen LogP contribution in [-0.4, -0.2) is 27.2 Å². The van der Waals surface area contributed by atoms with Crippen molar-refractivity contribution in [1.29, 1.82) is 0 Å². The Bertz CT molecular complexity index is 472. The largest absolute Gasteiger partial charge is 0.394 e. The number of hydrogen-bond donors (Lipinski definition) is 3. The van der Waals surface area contributed by atoms with E-state index < -0.39 is 5.54 Å². The highest BCUT2D eigenvalue weighted by Crippen LogP contribution is 2.34. The average molecular weight is 299 g/mol. The molecule has 1 aliphatic rings. The number of hydrogen-bond acceptors (Lipinski definition) is 5. The van der Waals surface area contributed by atoms with Crippen LogP contribution in [0.3, 0.4) is 0 Å². The minimum atomic E-state index is -0.504. The molecule has 1 heterocycles. The normalized spacial score (nSPS) is 17.2. The van der Waals surface area contributed by atoms with Gasteiger partial charge >= 0.3 is 0 Å². The van der Waals surface area contributed by atoms with Gasteiger partial charge in [0, 0.05) is 5.92 Å². The molecule has 0 unspecified atom stereocenters. The summed E-state index contributed by atoms with van der Waals surface area (Å²) < 4.78 is 0. The Morgan fingerprint density at radius 1 is 1.30 bits per heavy atom. The zero-order valence-electron chi connectivity index (χ0n) is 12.1. The molecule has 6 heteroatoms. The minimum absolute atomic E-state index is 0.0210. The fourth-order valence-electron chi connectivity index (χ4n) is 2.46. The van der Waals surface area contributed by atoms with Crippen molar-refractivity contribution in [3.8, 4) is 0 Å². The van der Waals surface area contributed by atoms with Crippen LogP contribution in [0.5, 0.6) is 0 Å². The molecule has 0 aliphatic heterocycles. The predicted octanol–water partition coefficient (Wildman–Crippen LogP) is 2.94. The second kappa shape index (κ2) is 6.14. The van der Waals surface area contributed by atoms with Gasteiger partial charge in [0.1, 0.15) is 11.5 Å². The molecule has 0 bridgehead atoms. The van der Waals surface area contributed by atoms with Gasteiger partial charge in [-0.05, 0) is 26.7 Å². The van der Waals surface area contributed by atoms with Crippen LogP contribution in [0.2, 0.25) is 5.15 Å². The number of aliphatic hydroxyl groups excluding tert-OH is 1. The third-order valence-corrected chi connectivity index (χ3v) is 4.03. The summed E-state index contributed by atoms with van der Waals surface area (Å²) in [7, 11) is 0. The molecule has 0 aromatic carbocycles. The van der Waals surface area contributed by atoms with E-state index in [9.17, 15) is 5.11 Å². The van der Waals surface area contributed by atoms with Crippen molar-refractivity contribution in [2.75, 3.05) is 17.7 Å². The average Bonchev–Trinajstić information content (AvgIpc) is 2.44. The predicted molar refractivity (Wildman–Crippen MR) is 82.1 cm³/mol. The van der Waals surface area contributed by atoms with Gasteiger partial charge in [-0.2, -0.15) is 0 Å². The summed E-state index contributed by atoms with van der Waals surface area (Å²) in [5.41, 5.74) is 5.78. The number of nitrogens with two attached hydrogens (primary N) is 1. The number of anilines is 2. The van der Waals surface area contributed by atoms with Crippen molar-refractivity contribution in [3.05, 3.63) is 11.0 Å². The van der Waals surface area contributed by atoms with E-state index in [0.29, 0.717) is 17.4 Å². The fraction of sp³-hybridized carbons (Fsp3) is 0.714. The second-order valence-corrected chi connectivity index (χ2v) is 6.49. The minimum Gasteiger partial charge on any atom is -0.394 e.